The zero-order valence-electron chi connectivity index (χ0n) is 26.5. The molecule has 0 aliphatic heterocycles. The van der Waals surface area contributed by atoms with Crippen molar-refractivity contribution in [3.63, 3.8) is 0 Å². The number of hydrogen-bond donors (Lipinski definition) is 0. The number of allylic oxidation sites excluding steroid dienone is 2. The van der Waals surface area contributed by atoms with Gasteiger partial charge in [0.2, 0.25) is 0 Å². The van der Waals surface area contributed by atoms with Crippen LogP contribution >= 0.6 is 0 Å². The Morgan fingerprint density at radius 1 is 0.878 bits per heavy atom. The first-order chi connectivity index (χ1) is 19.1. The molecule has 0 bridgehead atoms. The first-order valence-corrected chi connectivity index (χ1v) is 21.7. The molecule has 0 spiro atoms. The van der Waals surface area contributed by atoms with Gasteiger partial charge in [-0.1, -0.05) is 69.1 Å². The molecule has 0 aliphatic carbocycles. The summed E-state index contributed by atoms with van der Waals surface area (Å²) in [5, 5.41) is 11.8. The highest BCUT2D eigenvalue weighted by molar-refractivity contribution is 6.76. The van der Waals surface area contributed by atoms with Crippen molar-refractivity contribution >= 4 is 34.0 Å². The Balaban J connectivity index is 2.21. The van der Waals surface area contributed by atoms with Gasteiger partial charge in [-0.15, -0.1) is 0 Å². The summed E-state index contributed by atoms with van der Waals surface area (Å²) in [5.41, 5.74) is 5.15. The third kappa shape index (κ3) is 13.7. The number of hydrogen-bond acceptors (Lipinski definition) is 6. The van der Waals surface area contributed by atoms with Crippen LogP contribution in [-0.4, -0.2) is 47.9 Å². The van der Waals surface area contributed by atoms with Crippen LogP contribution in [0, 0.1) is 17.0 Å². The lowest BCUT2D eigenvalue weighted by molar-refractivity contribution is -0.386. The molecule has 0 unspecified atom stereocenters. The monoisotopic (exact) mass is 599 g/mol. The second-order valence-corrected chi connectivity index (χ2v) is 24.3. The van der Waals surface area contributed by atoms with Crippen molar-refractivity contribution in [1.29, 1.82) is 0 Å². The van der Waals surface area contributed by atoms with Gasteiger partial charge in [-0.2, -0.15) is 0 Å². The maximum absolute atomic E-state index is 11.8. The van der Waals surface area contributed by atoms with Crippen LogP contribution in [0.4, 0.5) is 5.69 Å². The van der Waals surface area contributed by atoms with Gasteiger partial charge >= 0.3 is 5.69 Å². The summed E-state index contributed by atoms with van der Waals surface area (Å²) in [5.74, 6) is 0.935. The predicted molar refractivity (Wildman–Crippen MR) is 176 cm³/mol. The Hall–Kier alpha value is -2.73. The van der Waals surface area contributed by atoms with Crippen LogP contribution in [-0.2, 0) is 15.9 Å². The molecule has 0 saturated carbocycles. The van der Waals surface area contributed by atoms with E-state index in [4.69, 9.17) is 18.9 Å². The molecule has 7 nitrogen and oxygen atoms in total. The summed E-state index contributed by atoms with van der Waals surface area (Å²) in [6.07, 6.45) is 6.85. The molecule has 41 heavy (non-hydrogen) atoms. The van der Waals surface area contributed by atoms with Gasteiger partial charge in [-0.3, -0.25) is 10.1 Å². The average molecular weight is 600 g/mol. The molecule has 0 fully saturated rings. The molecule has 0 saturated heterocycles. The molecule has 0 aliphatic rings. The summed E-state index contributed by atoms with van der Waals surface area (Å²) < 4.78 is 22.9. The molecule has 0 amide bonds. The molecule has 2 aromatic rings. The van der Waals surface area contributed by atoms with Gasteiger partial charge < -0.3 is 18.9 Å². The zero-order valence-corrected chi connectivity index (χ0v) is 28.5. The zero-order chi connectivity index (χ0) is 30.6. The Morgan fingerprint density at radius 2 is 1.49 bits per heavy atom. The van der Waals surface area contributed by atoms with Gasteiger partial charge in [0.05, 0.1) is 4.92 Å². The minimum atomic E-state index is -1.21. The topological polar surface area (TPSA) is 80.1 Å². The van der Waals surface area contributed by atoms with E-state index < -0.39 is 21.1 Å². The lowest BCUT2D eigenvalue weighted by Crippen LogP contribution is -2.22. The lowest BCUT2D eigenvalue weighted by Gasteiger charge is -2.16. The predicted octanol–water partition coefficient (Wildman–Crippen LogP) is 8.96. The smallest absolute Gasteiger partial charge is 0.311 e. The fourth-order valence-electron chi connectivity index (χ4n) is 3.81. The third-order valence-electron chi connectivity index (χ3n) is 6.43. The van der Waals surface area contributed by atoms with Crippen LogP contribution in [0.25, 0.3) is 12.2 Å². The minimum absolute atomic E-state index is 0.0118. The highest BCUT2D eigenvalue weighted by Crippen LogP contribution is 2.30. The second kappa shape index (κ2) is 16.1. The van der Waals surface area contributed by atoms with Crippen molar-refractivity contribution in [1.82, 2.24) is 0 Å². The van der Waals surface area contributed by atoms with E-state index in [1.165, 1.54) is 17.2 Å². The molecule has 0 atom stereocenters. The fourth-order valence-corrected chi connectivity index (χ4v) is 5.32. The fraction of sp³-hybridized carbons (Fsp3) is 0.500. The lowest BCUT2D eigenvalue weighted by atomic mass is 9.96. The molecular formula is C32H49NO6Si2. The molecular weight excluding hydrogens is 551 g/mol. The molecule has 226 valence electrons. The van der Waals surface area contributed by atoms with Gasteiger partial charge in [0, 0.05) is 35.4 Å². The van der Waals surface area contributed by atoms with Crippen molar-refractivity contribution in [3.05, 3.63) is 74.3 Å². The number of ether oxygens (including phenoxy) is 4. The van der Waals surface area contributed by atoms with E-state index in [9.17, 15) is 10.1 Å². The highest BCUT2D eigenvalue weighted by atomic mass is 28.3. The molecule has 0 radical (unpaired) electrons. The summed E-state index contributed by atoms with van der Waals surface area (Å²) in [6, 6.07) is 11.1. The van der Waals surface area contributed by atoms with Crippen LogP contribution in [0.15, 0.2) is 42.0 Å². The Kier molecular flexibility index (Phi) is 13.5. The van der Waals surface area contributed by atoms with Gasteiger partial charge in [-0.25, -0.2) is 0 Å². The van der Waals surface area contributed by atoms with E-state index in [1.54, 1.807) is 6.07 Å². The molecule has 9 heteroatoms. The number of benzene rings is 2. The van der Waals surface area contributed by atoms with Crippen molar-refractivity contribution < 1.29 is 23.9 Å². The van der Waals surface area contributed by atoms with E-state index in [0.29, 0.717) is 18.8 Å². The number of aryl methyl sites for hydroxylation is 1. The number of rotatable bonds is 17. The summed E-state index contributed by atoms with van der Waals surface area (Å²) in [4.78, 5) is 11.4. The summed E-state index contributed by atoms with van der Waals surface area (Å²) >= 11 is 0. The maximum atomic E-state index is 11.8. The van der Waals surface area contributed by atoms with Gasteiger partial charge in [0.1, 0.15) is 5.75 Å². The summed E-state index contributed by atoms with van der Waals surface area (Å²) in [6.45, 7) is 21.5. The molecule has 2 aromatic carbocycles. The highest BCUT2D eigenvalue weighted by Gasteiger charge is 2.17. The van der Waals surface area contributed by atoms with Crippen LogP contribution in [0.3, 0.4) is 0 Å². The van der Waals surface area contributed by atoms with Crippen LogP contribution in [0.5, 0.6) is 11.5 Å². The Morgan fingerprint density at radius 3 is 2.05 bits per heavy atom. The quantitative estimate of drug-likeness (QED) is 0.0343. The van der Waals surface area contributed by atoms with E-state index >= 15 is 0 Å². The first-order valence-electron chi connectivity index (χ1n) is 14.3. The van der Waals surface area contributed by atoms with Crippen LogP contribution in [0.2, 0.25) is 51.4 Å². The SMILES string of the molecule is CC(C)=CCc1c(C)cc(OCOCC[Si](C)(C)C)cc1/C=C/c1ccc(OCOCC[Si](C)(C)C)c([N+](=O)[O-])c1. The molecule has 0 N–H and O–H groups in total. The van der Waals surface area contributed by atoms with Crippen molar-refractivity contribution in [2.75, 3.05) is 26.8 Å². The Labute approximate surface area is 248 Å². The number of nitro benzene ring substituents is 1. The van der Waals surface area contributed by atoms with Gasteiger partial charge in [-0.05, 0) is 79.7 Å². The van der Waals surface area contributed by atoms with Gasteiger partial charge in [0.15, 0.2) is 19.3 Å². The number of nitro groups is 1. The van der Waals surface area contributed by atoms with Gasteiger partial charge in [0.25, 0.3) is 0 Å². The third-order valence-corrected chi connectivity index (χ3v) is 9.84. The molecule has 2 rings (SSSR count). The van der Waals surface area contributed by atoms with Crippen molar-refractivity contribution in [3.8, 4) is 11.5 Å². The molecule has 0 heterocycles. The summed E-state index contributed by atoms with van der Waals surface area (Å²) in [7, 11) is -2.37. The molecule has 0 aromatic heterocycles. The van der Waals surface area contributed by atoms with Crippen molar-refractivity contribution in [2.24, 2.45) is 0 Å². The Bertz CT molecular complexity index is 1210. The average Bonchev–Trinajstić information content (AvgIpc) is 2.85. The second-order valence-electron chi connectivity index (χ2n) is 13.1. The number of nitrogens with zero attached hydrogens (tertiary/aromatic N) is 1. The standard InChI is InChI=1S/C32H49NO6Si2/c1-25(2)10-14-30-26(3)20-29(38-23-36-16-18-40(4,5)6)22-28(30)13-11-27-12-15-32(31(21-27)33(34)35)39-24-37-17-19-41(7,8)9/h10-13,15,20-22H,14,16-19,23-24H2,1-9H3/b13-11+. The van der Waals surface area contributed by atoms with Crippen LogP contribution < -0.4 is 9.47 Å². The van der Waals surface area contributed by atoms with Crippen molar-refractivity contribution in [2.45, 2.75) is 78.6 Å². The maximum Gasteiger partial charge on any atom is 0.311 e. The van der Waals surface area contributed by atoms with E-state index in [1.807, 2.05) is 30.4 Å². The van der Waals surface area contributed by atoms with E-state index in [-0.39, 0.29) is 25.0 Å². The minimum Gasteiger partial charge on any atom is -0.468 e. The van der Waals surface area contributed by atoms with E-state index in [2.05, 4.69) is 66.1 Å². The van der Waals surface area contributed by atoms with Crippen LogP contribution in [0.1, 0.15) is 36.1 Å². The first kappa shape index (κ1) is 34.5. The normalized spacial score (nSPS) is 12.0. The van der Waals surface area contributed by atoms with E-state index in [0.717, 1.165) is 35.4 Å². The largest absolute Gasteiger partial charge is 0.468 e.